The van der Waals surface area contributed by atoms with Crippen molar-refractivity contribution in [1.29, 1.82) is 0 Å². The van der Waals surface area contributed by atoms with Gasteiger partial charge in [-0.3, -0.25) is 4.79 Å². The molecule has 0 aromatic heterocycles. The van der Waals surface area contributed by atoms with Gasteiger partial charge in [0.15, 0.2) is 0 Å². The maximum atomic E-state index is 12.0. The quantitative estimate of drug-likeness (QED) is 0.865. The molecule has 0 unspecified atom stereocenters. The fourth-order valence-corrected chi connectivity index (χ4v) is 2.46. The van der Waals surface area contributed by atoms with Gasteiger partial charge in [0.1, 0.15) is 12.4 Å². The van der Waals surface area contributed by atoms with Crippen molar-refractivity contribution in [2.75, 3.05) is 20.2 Å². The van der Waals surface area contributed by atoms with Crippen molar-refractivity contribution in [3.8, 4) is 5.75 Å². The van der Waals surface area contributed by atoms with Crippen molar-refractivity contribution in [2.45, 2.75) is 31.2 Å². The first kappa shape index (κ1) is 15.3. The van der Waals surface area contributed by atoms with Crippen LogP contribution in [0.4, 0.5) is 0 Å². The van der Waals surface area contributed by atoms with Gasteiger partial charge >= 0.3 is 0 Å². The van der Waals surface area contributed by atoms with Crippen LogP contribution in [0.3, 0.4) is 0 Å². The van der Waals surface area contributed by atoms with E-state index in [9.17, 15) is 4.79 Å². The van der Waals surface area contributed by atoms with Crippen LogP contribution in [0.25, 0.3) is 0 Å². The molecule has 0 aliphatic heterocycles. The number of hydrogen-bond acceptors (Lipinski definition) is 3. The van der Waals surface area contributed by atoms with E-state index in [1.54, 1.807) is 11.9 Å². The maximum absolute atomic E-state index is 12.0. The lowest BCUT2D eigenvalue weighted by molar-refractivity contribution is -0.132. The second-order valence-electron chi connectivity index (χ2n) is 5.51. The Morgan fingerprint density at radius 3 is 2.60 bits per heavy atom. The van der Waals surface area contributed by atoms with Crippen LogP contribution in [0.5, 0.6) is 5.75 Å². The standard InChI is InChI=1S/C15H21BrN2O2/c1-18(14(19)11-15(17)7-2-8-15)9-10-20-13-5-3-12(16)4-6-13/h3-6H,2,7-11,17H2,1H3. The number of carbonyl (C=O) groups excluding carboxylic acids is 1. The molecule has 20 heavy (non-hydrogen) atoms. The van der Waals surface area contributed by atoms with Gasteiger partial charge in [-0.15, -0.1) is 0 Å². The van der Waals surface area contributed by atoms with Crippen molar-refractivity contribution in [1.82, 2.24) is 4.90 Å². The molecule has 1 aromatic carbocycles. The maximum Gasteiger partial charge on any atom is 0.224 e. The Morgan fingerprint density at radius 1 is 1.40 bits per heavy atom. The third kappa shape index (κ3) is 4.21. The van der Waals surface area contributed by atoms with E-state index >= 15 is 0 Å². The van der Waals surface area contributed by atoms with Crippen LogP contribution in [-0.2, 0) is 4.79 Å². The summed E-state index contributed by atoms with van der Waals surface area (Å²) in [6, 6.07) is 7.65. The molecule has 2 N–H and O–H groups in total. The molecule has 4 nitrogen and oxygen atoms in total. The van der Waals surface area contributed by atoms with Gasteiger partial charge in [0.2, 0.25) is 5.91 Å². The van der Waals surface area contributed by atoms with Crippen molar-refractivity contribution in [3.63, 3.8) is 0 Å². The molecule has 0 spiro atoms. The Morgan fingerprint density at radius 2 is 2.05 bits per heavy atom. The van der Waals surface area contributed by atoms with Gasteiger partial charge in [-0.05, 0) is 43.5 Å². The molecule has 1 fully saturated rings. The zero-order chi connectivity index (χ0) is 14.6. The fourth-order valence-electron chi connectivity index (χ4n) is 2.20. The predicted molar refractivity (Wildman–Crippen MR) is 82.7 cm³/mol. The number of hydrogen-bond donors (Lipinski definition) is 1. The largest absolute Gasteiger partial charge is 0.492 e. The molecule has 1 aromatic rings. The predicted octanol–water partition coefficient (Wildman–Crippen LogP) is 2.56. The van der Waals surface area contributed by atoms with Gasteiger partial charge in [0, 0.05) is 23.5 Å². The summed E-state index contributed by atoms with van der Waals surface area (Å²) in [5.41, 5.74) is 5.84. The molecule has 1 saturated carbocycles. The Bertz CT molecular complexity index is 457. The molecule has 1 aliphatic rings. The number of halogens is 1. The van der Waals surface area contributed by atoms with Crippen LogP contribution in [0.15, 0.2) is 28.7 Å². The average molecular weight is 341 g/mol. The van der Waals surface area contributed by atoms with Gasteiger partial charge in [-0.1, -0.05) is 15.9 Å². The van der Waals surface area contributed by atoms with E-state index in [0.717, 1.165) is 29.5 Å². The van der Waals surface area contributed by atoms with E-state index in [1.807, 2.05) is 24.3 Å². The van der Waals surface area contributed by atoms with E-state index in [2.05, 4.69) is 15.9 Å². The van der Waals surface area contributed by atoms with Crippen LogP contribution < -0.4 is 10.5 Å². The lowest BCUT2D eigenvalue weighted by atomic mass is 9.75. The number of rotatable bonds is 6. The Balaban J connectivity index is 1.70. The Labute approximate surface area is 128 Å². The first-order valence-electron chi connectivity index (χ1n) is 6.90. The van der Waals surface area contributed by atoms with E-state index in [4.69, 9.17) is 10.5 Å². The highest BCUT2D eigenvalue weighted by molar-refractivity contribution is 9.10. The summed E-state index contributed by atoms with van der Waals surface area (Å²) in [6.45, 7) is 1.06. The number of carbonyl (C=O) groups is 1. The number of amides is 1. The van der Waals surface area contributed by atoms with Crippen LogP contribution in [-0.4, -0.2) is 36.5 Å². The third-order valence-corrected chi connectivity index (χ3v) is 4.32. The van der Waals surface area contributed by atoms with E-state index in [0.29, 0.717) is 19.6 Å². The summed E-state index contributed by atoms with van der Waals surface area (Å²) in [4.78, 5) is 13.7. The van der Waals surface area contributed by atoms with E-state index < -0.39 is 0 Å². The number of likely N-dealkylation sites (N-methyl/N-ethyl adjacent to an activating group) is 1. The molecule has 1 amide bonds. The molecule has 1 aliphatic carbocycles. The van der Waals surface area contributed by atoms with Gasteiger partial charge in [0.05, 0.1) is 6.54 Å². The first-order chi connectivity index (χ1) is 9.48. The van der Waals surface area contributed by atoms with Crippen LogP contribution >= 0.6 is 15.9 Å². The molecular formula is C15H21BrN2O2. The van der Waals surface area contributed by atoms with Crippen LogP contribution in [0.2, 0.25) is 0 Å². The Hall–Kier alpha value is -1.07. The highest BCUT2D eigenvalue weighted by atomic mass is 79.9. The minimum absolute atomic E-state index is 0.103. The minimum atomic E-state index is -0.252. The normalized spacial score (nSPS) is 16.4. The van der Waals surface area contributed by atoms with Crippen molar-refractivity contribution < 1.29 is 9.53 Å². The van der Waals surface area contributed by atoms with Gasteiger partial charge in [0.25, 0.3) is 0 Å². The summed E-state index contributed by atoms with van der Waals surface area (Å²) in [5.74, 6) is 0.912. The molecule has 110 valence electrons. The van der Waals surface area contributed by atoms with Crippen molar-refractivity contribution in [3.05, 3.63) is 28.7 Å². The average Bonchev–Trinajstić information content (AvgIpc) is 2.39. The molecule has 0 bridgehead atoms. The highest BCUT2D eigenvalue weighted by Crippen LogP contribution is 2.32. The summed E-state index contributed by atoms with van der Waals surface area (Å²) >= 11 is 3.38. The topological polar surface area (TPSA) is 55.6 Å². The third-order valence-electron chi connectivity index (χ3n) is 3.79. The Kier molecular flexibility index (Phi) is 5.05. The lowest BCUT2D eigenvalue weighted by Gasteiger charge is -2.38. The molecule has 0 heterocycles. The summed E-state index contributed by atoms with van der Waals surface area (Å²) in [5, 5.41) is 0. The minimum Gasteiger partial charge on any atom is -0.492 e. The molecular weight excluding hydrogens is 320 g/mol. The monoisotopic (exact) mass is 340 g/mol. The van der Waals surface area contributed by atoms with Crippen LogP contribution in [0.1, 0.15) is 25.7 Å². The van der Waals surface area contributed by atoms with E-state index in [1.165, 1.54) is 0 Å². The van der Waals surface area contributed by atoms with Gasteiger partial charge in [-0.25, -0.2) is 0 Å². The zero-order valence-corrected chi connectivity index (χ0v) is 13.4. The second kappa shape index (κ2) is 6.59. The molecule has 2 rings (SSSR count). The van der Waals surface area contributed by atoms with Crippen molar-refractivity contribution in [2.24, 2.45) is 5.73 Å². The molecule has 0 atom stereocenters. The summed E-state index contributed by atoms with van der Waals surface area (Å²) in [6.07, 6.45) is 3.51. The van der Waals surface area contributed by atoms with Crippen molar-refractivity contribution >= 4 is 21.8 Å². The van der Waals surface area contributed by atoms with E-state index in [-0.39, 0.29) is 11.4 Å². The molecule has 0 radical (unpaired) electrons. The molecule has 0 saturated heterocycles. The smallest absolute Gasteiger partial charge is 0.224 e. The second-order valence-corrected chi connectivity index (χ2v) is 6.43. The number of nitrogens with zero attached hydrogens (tertiary/aromatic N) is 1. The summed E-state index contributed by atoms with van der Waals surface area (Å²) < 4.78 is 6.63. The highest BCUT2D eigenvalue weighted by Gasteiger charge is 2.35. The van der Waals surface area contributed by atoms with Gasteiger partial charge in [-0.2, -0.15) is 0 Å². The van der Waals surface area contributed by atoms with Crippen LogP contribution in [0, 0.1) is 0 Å². The fraction of sp³-hybridized carbons (Fsp3) is 0.533. The zero-order valence-electron chi connectivity index (χ0n) is 11.8. The molecule has 5 heteroatoms. The number of benzene rings is 1. The lowest BCUT2D eigenvalue weighted by Crippen LogP contribution is -2.50. The number of ether oxygens (including phenoxy) is 1. The van der Waals surface area contributed by atoms with Gasteiger partial charge < -0.3 is 15.4 Å². The summed E-state index contributed by atoms with van der Waals surface area (Å²) in [7, 11) is 1.80. The SMILES string of the molecule is CN(CCOc1ccc(Br)cc1)C(=O)CC1(N)CCC1. The first-order valence-corrected chi connectivity index (χ1v) is 7.69. The number of nitrogens with two attached hydrogens (primary N) is 1.